The number of methoxy groups -OCH3 is 1. The van der Waals surface area contributed by atoms with Crippen LogP contribution in [0.5, 0.6) is 0 Å². The molecule has 130 valence electrons. The van der Waals surface area contributed by atoms with Crippen molar-refractivity contribution in [3.63, 3.8) is 0 Å². The average Bonchev–Trinajstić information content (AvgIpc) is 2.93. The lowest BCUT2D eigenvalue weighted by Gasteiger charge is -2.15. The number of guanidine groups is 1. The summed E-state index contributed by atoms with van der Waals surface area (Å²) in [6.45, 7) is 6.33. The Morgan fingerprint density at radius 3 is 2.71 bits per heavy atom. The number of aliphatic imine (C=N–C) groups is 1. The van der Waals surface area contributed by atoms with Crippen LogP contribution in [0.3, 0.4) is 0 Å². The third-order valence-electron chi connectivity index (χ3n) is 3.72. The fourth-order valence-electron chi connectivity index (χ4n) is 2.56. The zero-order chi connectivity index (χ0) is 17.4. The Kier molecular flexibility index (Phi) is 6.81. The van der Waals surface area contributed by atoms with Gasteiger partial charge in [-0.3, -0.25) is 4.99 Å². The monoisotopic (exact) mass is 329 g/mol. The molecule has 0 aliphatic rings. The molecule has 6 heteroatoms. The summed E-state index contributed by atoms with van der Waals surface area (Å²) >= 11 is 0. The number of ether oxygens (including phenoxy) is 1. The molecule has 0 saturated carbocycles. The van der Waals surface area contributed by atoms with Crippen LogP contribution in [0.1, 0.15) is 23.4 Å². The first-order valence-corrected chi connectivity index (χ1v) is 8.20. The predicted octanol–water partition coefficient (Wildman–Crippen LogP) is 2.19. The molecule has 0 unspecified atom stereocenters. The highest BCUT2D eigenvalue weighted by molar-refractivity contribution is 5.79. The molecule has 0 fully saturated rings. The molecule has 1 aromatic heterocycles. The van der Waals surface area contributed by atoms with E-state index >= 15 is 0 Å². The lowest BCUT2D eigenvalue weighted by molar-refractivity contribution is 0.195. The van der Waals surface area contributed by atoms with E-state index in [2.05, 4.69) is 45.8 Å². The lowest BCUT2D eigenvalue weighted by Crippen LogP contribution is -2.37. The van der Waals surface area contributed by atoms with E-state index in [0.29, 0.717) is 6.54 Å². The molecule has 1 heterocycles. The maximum atomic E-state index is 5.05. The maximum absolute atomic E-state index is 5.05. The van der Waals surface area contributed by atoms with Gasteiger partial charge in [-0.2, -0.15) is 5.10 Å². The van der Waals surface area contributed by atoms with Crippen molar-refractivity contribution < 1.29 is 4.74 Å². The lowest BCUT2D eigenvalue weighted by atomic mass is 10.1. The Bertz CT molecular complexity index is 678. The number of aryl methyl sites for hydroxylation is 2. The third-order valence-corrected chi connectivity index (χ3v) is 3.72. The third kappa shape index (κ3) is 4.83. The summed E-state index contributed by atoms with van der Waals surface area (Å²) < 4.78 is 7.04. The molecule has 0 saturated heterocycles. The molecule has 0 amide bonds. The summed E-state index contributed by atoms with van der Waals surface area (Å²) in [6, 6.07) is 10.4. The minimum atomic E-state index is 0.679. The molecular weight excluding hydrogens is 302 g/mol. The number of nitrogens with zero attached hydrogens (tertiary/aromatic N) is 3. The molecule has 0 radical (unpaired) electrons. The molecule has 0 aliphatic carbocycles. The van der Waals surface area contributed by atoms with Gasteiger partial charge in [0.1, 0.15) is 0 Å². The van der Waals surface area contributed by atoms with Crippen LogP contribution in [-0.4, -0.2) is 43.0 Å². The highest BCUT2D eigenvalue weighted by atomic mass is 16.5. The van der Waals surface area contributed by atoms with E-state index in [1.54, 1.807) is 14.2 Å². The number of benzene rings is 1. The van der Waals surface area contributed by atoms with Crippen LogP contribution in [0.15, 0.2) is 35.3 Å². The molecule has 0 atom stereocenters. The normalized spacial score (nSPS) is 11.6. The number of hydrogen-bond acceptors (Lipinski definition) is 3. The molecule has 24 heavy (non-hydrogen) atoms. The summed E-state index contributed by atoms with van der Waals surface area (Å²) in [7, 11) is 3.49. The van der Waals surface area contributed by atoms with Gasteiger partial charge in [-0.25, -0.2) is 4.68 Å². The van der Waals surface area contributed by atoms with E-state index in [0.717, 1.165) is 42.6 Å². The smallest absolute Gasteiger partial charge is 0.191 e. The van der Waals surface area contributed by atoms with Crippen LogP contribution in [0.25, 0.3) is 5.69 Å². The van der Waals surface area contributed by atoms with Gasteiger partial charge in [0.25, 0.3) is 0 Å². The Balaban J connectivity index is 2.04. The van der Waals surface area contributed by atoms with Crippen LogP contribution < -0.4 is 10.6 Å². The van der Waals surface area contributed by atoms with Crippen LogP contribution in [0, 0.1) is 13.8 Å². The minimum absolute atomic E-state index is 0.679. The van der Waals surface area contributed by atoms with Crippen LogP contribution >= 0.6 is 0 Å². The van der Waals surface area contributed by atoms with E-state index in [4.69, 9.17) is 4.74 Å². The summed E-state index contributed by atoms with van der Waals surface area (Å²) in [5.41, 5.74) is 4.40. The van der Waals surface area contributed by atoms with Crippen molar-refractivity contribution in [2.45, 2.75) is 26.8 Å². The number of para-hydroxylation sites is 1. The molecule has 1 aromatic carbocycles. The Morgan fingerprint density at radius 1 is 1.25 bits per heavy atom. The predicted molar refractivity (Wildman–Crippen MR) is 97.7 cm³/mol. The van der Waals surface area contributed by atoms with Crippen molar-refractivity contribution in [2.75, 3.05) is 27.3 Å². The van der Waals surface area contributed by atoms with Crippen LogP contribution in [-0.2, 0) is 11.3 Å². The van der Waals surface area contributed by atoms with E-state index in [1.165, 1.54) is 5.56 Å². The van der Waals surface area contributed by atoms with Crippen molar-refractivity contribution in [1.82, 2.24) is 20.4 Å². The Morgan fingerprint density at radius 2 is 2.04 bits per heavy atom. The van der Waals surface area contributed by atoms with Gasteiger partial charge < -0.3 is 15.4 Å². The maximum Gasteiger partial charge on any atom is 0.191 e. The van der Waals surface area contributed by atoms with Gasteiger partial charge in [0.2, 0.25) is 0 Å². The first kappa shape index (κ1) is 18.0. The summed E-state index contributed by atoms with van der Waals surface area (Å²) in [5.74, 6) is 0.786. The van der Waals surface area contributed by atoms with E-state index in [-0.39, 0.29) is 0 Å². The van der Waals surface area contributed by atoms with E-state index in [1.807, 2.05) is 23.7 Å². The van der Waals surface area contributed by atoms with Crippen LogP contribution in [0.4, 0.5) is 0 Å². The average molecular weight is 329 g/mol. The molecule has 0 aliphatic heterocycles. The molecule has 2 aromatic rings. The van der Waals surface area contributed by atoms with Crippen LogP contribution in [0.2, 0.25) is 0 Å². The summed E-state index contributed by atoms with van der Waals surface area (Å²) in [5, 5.41) is 11.2. The highest BCUT2D eigenvalue weighted by Crippen LogP contribution is 2.16. The van der Waals surface area contributed by atoms with Gasteiger partial charge >= 0.3 is 0 Å². The minimum Gasteiger partial charge on any atom is -0.385 e. The van der Waals surface area contributed by atoms with Crippen molar-refractivity contribution in [2.24, 2.45) is 4.99 Å². The SMILES string of the molecule is CN=C(NCCCOC)NCc1ccccc1-n1nc(C)cc1C. The van der Waals surface area contributed by atoms with Gasteiger partial charge in [0.05, 0.1) is 11.4 Å². The second-order valence-electron chi connectivity index (χ2n) is 5.67. The fraction of sp³-hybridized carbons (Fsp3) is 0.444. The van der Waals surface area contributed by atoms with Crippen molar-refractivity contribution >= 4 is 5.96 Å². The Labute approximate surface area is 143 Å². The molecule has 0 bridgehead atoms. The number of rotatable bonds is 7. The second-order valence-corrected chi connectivity index (χ2v) is 5.67. The summed E-state index contributed by atoms with van der Waals surface area (Å²) in [4.78, 5) is 4.26. The van der Waals surface area contributed by atoms with Crippen molar-refractivity contribution in [1.29, 1.82) is 0 Å². The van der Waals surface area contributed by atoms with Gasteiger partial charge in [-0.15, -0.1) is 0 Å². The quantitative estimate of drug-likeness (QED) is 0.464. The zero-order valence-corrected chi connectivity index (χ0v) is 15.0. The molecule has 0 spiro atoms. The molecule has 6 nitrogen and oxygen atoms in total. The number of hydrogen-bond donors (Lipinski definition) is 2. The fourth-order valence-corrected chi connectivity index (χ4v) is 2.56. The van der Waals surface area contributed by atoms with Gasteiger partial charge in [0, 0.05) is 39.5 Å². The first-order valence-electron chi connectivity index (χ1n) is 8.20. The molecular formula is C18H27N5O. The Hall–Kier alpha value is -2.34. The topological polar surface area (TPSA) is 63.5 Å². The number of aromatic nitrogens is 2. The van der Waals surface area contributed by atoms with E-state index in [9.17, 15) is 0 Å². The van der Waals surface area contributed by atoms with Crippen molar-refractivity contribution in [3.05, 3.63) is 47.3 Å². The zero-order valence-electron chi connectivity index (χ0n) is 15.0. The van der Waals surface area contributed by atoms with Gasteiger partial charge in [-0.1, -0.05) is 18.2 Å². The second kappa shape index (κ2) is 9.08. The highest BCUT2D eigenvalue weighted by Gasteiger charge is 2.09. The van der Waals surface area contributed by atoms with E-state index < -0.39 is 0 Å². The van der Waals surface area contributed by atoms with Crippen molar-refractivity contribution in [3.8, 4) is 5.69 Å². The van der Waals surface area contributed by atoms with Gasteiger partial charge in [-0.05, 0) is 38.0 Å². The first-order chi connectivity index (χ1) is 11.7. The van der Waals surface area contributed by atoms with Gasteiger partial charge in [0.15, 0.2) is 5.96 Å². The standard InChI is InChI=1S/C18H27N5O/c1-14-12-15(2)23(22-14)17-9-6-5-8-16(17)13-21-18(19-3)20-10-7-11-24-4/h5-6,8-9,12H,7,10-11,13H2,1-4H3,(H2,19,20,21). The molecule has 2 N–H and O–H groups in total. The largest absolute Gasteiger partial charge is 0.385 e. The number of nitrogens with one attached hydrogen (secondary N) is 2. The summed E-state index contributed by atoms with van der Waals surface area (Å²) in [6.07, 6.45) is 0.944. The molecule has 2 rings (SSSR count).